The van der Waals surface area contributed by atoms with Crippen LogP contribution in [0.2, 0.25) is 0 Å². The Morgan fingerprint density at radius 2 is 1.72 bits per heavy atom. The molecular weight excluding hydrogens is 232 g/mol. The van der Waals surface area contributed by atoms with Crippen LogP contribution in [0.4, 0.5) is 5.88 Å². The standard InChI is InChI=1S/C13H19N2O3/c1-2-13(15-5-9-17-10-6-15)18-12(1)11-14-3-7-16-8-4-14/h1-2,11H,3-10H2/q+1. The van der Waals surface area contributed by atoms with E-state index in [0.717, 1.165) is 64.3 Å². The second-order valence-electron chi connectivity index (χ2n) is 4.55. The molecule has 0 spiro atoms. The van der Waals surface area contributed by atoms with Crippen LogP contribution in [0.1, 0.15) is 5.76 Å². The van der Waals surface area contributed by atoms with Gasteiger partial charge in [0, 0.05) is 19.2 Å². The number of hydrogen-bond acceptors (Lipinski definition) is 4. The van der Waals surface area contributed by atoms with E-state index in [9.17, 15) is 0 Å². The van der Waals surface area contributed by atoms with Gasteiger partial charge in [-0.05, 0) is 6.07 Å². The smallest absolute Gasteiger partial charge is 0.206 e. The average molecular weight is 251 g/mol. The van der Waals surface area contributed by atoms with Crippen LogP contribution in [0.5, 0.6) is 0 Å². The van der Waals surface area contributed by atoms with Gasteiger partial charge in [0.15, 0.2) is 24.7 Å². The number of morpholine rings is 2. The van der Waals surface area contributed by atoms with Crippen molar-refractivity contribution in [3.05, 3.63) is 17.9 Å². The van der Waals surface area contributed by atoms with Crippen molar-refractivity contribution in [2.75, 3.05) is 57.5 Å². The lowest BCUT2D eigenvalue weighted by atomic mass is 10.4. The molecule has 0 aromatic carbocycles. The zero-order chi connectivity index (χ0) is 12.2. The molecule has 0 bridgehead atoms. The van der Waals surface area contributed by atoms with Gasteiger partial charge in [-0.1, -0.05) is 0 Å². The van der Waals surface area contributed by atoms with Gasteiger partial charge in [-0.15, -0.1) is 0 Å². The summed E-state index contributed by atoms with van der Waals surface area (Å²) in [4.78, 5) is 2.22. The van der Waals surface area contributed by atoms with E-state index in [-0.39, 0.29) is 0 Å². The molecule has 2 aliphatic heterocycles. The first-order valence-electron chi connectivity index (χ1n) is 6.51. The van der Waals surface area contributed by atoms with Crippen molar-refractivity contribution in [1.29, 1.82) is 0 Å². The van der Waals surface area contributed by atoms with Crippen LogP contribution in [0.3, 0.4) is 0 Å². The first kappa shape index (κ1) is 11.7. The van der Waals surface area contributed by atoms with Crippen molar-refractivity contribution in [3.8, 4) is 0 Å². The summed E-state index contributed by atoms with van der Waals surface area (Å²) < 4.78 is 18.8. The van der Waals surface area contributed by atoms with E-state index >= 15 is 0 Å². The Bertz CT molecular complexity index is 414. The maximum atomic E-state index is 5.86. The molecule has 0 N–H and O–H groups in total. The maximum absolute atomic E-state index is 5.86. The summed E-state index contributed by atoms with van der Waals surface area (Å²) in [6, 6.07) is 4.07. The third kappa shape index (κ3) is 2.73. The summed E-state index contributed by atoms with van der Waals surface area (Å²) in [5.74, 6) is 1.86. The highest BCUT2D eigenvalue weighted by Crippen LogP contribution is 2.18. The van der Waals surface area contributed by atoms with Crippen LogP contribution in [0, 0.1) is 0 Å². The highest BCUT2D eigenvalue weighted by atomic mass is 16.5. The van der Waals surface area contributed by atoms with Gasteiger partial charge >= 0.3 is 0 Å². The normalized spacial score (nSPS) is 21.1. The van der Waals surface area contributed by atoms with E-state index in [1.54, 1.807) is 0 Å². The molecule has 3 heterocycles. The Morgan fingerprint density at radius 3 is 2.50 bits per heavy atom. The third-order valence-electron chi connectivity index (χ3n) is 3.29. The fourth-order valence-electron chi connectivity index (χ4n) is 2.25. The van der Waals surface area contributed by atoms with Gasteiger partial charge < -0.3 is 18.8 Å². The minimum atomic E-state index is 0.781. The molecule has 0 saturated carbocycles. The van der Waals surface area contributed by atoms with Gasteiger partial charge in [-0.3, -0.25) is 0 Å². The number of rotatable bonds is 2. The monoisotopic (exact) mass is 251 g/mol. The Hall–Kier alpha value is -1.33. The van der Waals surface area contributed by atoms with E-state index in [0.29, 0.717) is 0 Å². The fourth-order valence-corrected chi connectivity index (χ4v) is 2.25. The Labute approximate surface area is 107 Å². The molecule has 98 valence electrons. The molecule has 2 aliphatic rings. The molecule has 3 rings (SSSR count). The van der Waals surface area contributed by atoms with Gasteiger partial charge in [0.25, 0.3) is 0 Å². The topological polar surface area (TPSA) is 37.8 Å². The molecule has 1 aromatic rings. The number of hydrogen-bond donors (Lipinski definition) is 0. The third-order valence-corrected chi connectivity index (χ3v) is 3.29. The lowest BCUT2D eigenvalue weighted by Crippen LogP contribution is -2.35. The van der Waals surface area contributed by atoms with Crippen molar-refractivity contribution in [3.63, 3.8) is 0 Å². The lowest BCUT2D eigenvalue weighted by molar-refractivity contribution is -0.544. The predicted molar refractivity (Wildman–Crippen MR) is 67.7 cm³/mol. The molecule has 0 aliphatic carbocycles. The first-order valence-corrected chi connectivity index (χ1v) is 6.51. The van der Waals surface area contributed by atoms with E-state index in [1.165, 1.54) is 0 Å². The maximum Gasteiger partial charge on any atom is 0.206 e. The molecule has 5 nitrogen and oxygen atoms in total. The van der Waals surface area contributed by atoms with E-state index in [1.807, 2.05) is 12.1 Å². The van der Waals surface area contributed by atoms with Crippen molar-refractivity contribution in [2.45, 2.75) is 0 Å². The second-order valence-corrected chi connectivity index (χ2v) is 4.55. The van der Waals surface area contributed by atoms with Crippen LogP contribution in [-0.2, 0) is 9.47 Å². The minimum absolute atomic E-state index is 0.781. The summed E-state index contributed by atoms with van der Waals surface area (Å²) in [5, 5.41) is 0. The van der Waals surface area contributed by atoms with Gasteiger partial charge in [0.2, 0.25) is 6.21 Å². The van der Waals surface area contributed by atoms with Crippen molar-refractivity contribution in [2.24, 2.45) is 0 Å². The van der Waals surface area contributed by atoms with Gasteiger partial charge in [-0.25, -0.2) is 4.58 Å². The Morgan fingerprint density at radius 1 is 1.00 bits per heavy atom. The summed E-state index contributed by atoms with van der Waals surface area (Å²) in [6.07, 6.45) is 2.08. The van der Waals surface area contributed by atoms with E-state index in [4.69, 9.17) is 13.9 Å². The summed E-state index contributed by atoms with van der Waals surface area (Å²) >= 11 is 0. The molecule has 5 heteroatoms. The second kappa shape index (κ2) is 5.54. The quantitative estimate of drug-likeness (QED) is 0.721. The Kier molecular flexibility index (Phi) is 3.61. The SMILES string of the molecule is C(c1ccc(N2CCOCC2)o1)=[N+]1CCOCC1. The highest BCUT2D eigenvalue weighted by Gasteiger charge is 2.16. The summed E-state index contributed by atoms with van der Waals surface area (Å²) in [6.45, 7) is 6.85. The molecule has 0 radical (unpaired) electrons. The summed E-state index contributed by atoms with van der Waals surface area (Å²) in [7, 11) is 0. The molecular formula is C13H19N2O3+. The van der Waals surface area contributed by atoms with Crippen molar-refractivity contribution in [1.82, 2.24) is 0 Å². The molecule has 2 saturated heterocycles. The first-order chi connectivity index (χ1) is 8.92. The lowest BCUT2D eigenvalue weighted by Gasteiger charge is -2.26. The minimum Gasteiger partial charge on any atom is -0.435 e. The molecule has 0 unspecified atom stereocenters. The van der Waals surface area contributed by atoms with Crippen LogP contribution < -0.4 is 4.90 Å². The zero-order valence-corrected chi connectivity index (χ0v) is 10.5. The van der Waals surface area contributed by atoms with E-state index < -0.39 is 0 Å². The highest BCUT2D eigenvalue weighted by molar-refractivity contribution is 5.72. The molecule has 0 atom stereocenters. The van der Waals surface area contributed by atoms with Crippen LogP contribution in [-0.4, -0.2) is 63.4 Å². The summed E-state index contributed by atoms with van der Waals surface area (Å²) in [5.41, 5.74) is 0. The number of furan rings is 1. The molecule has 1 aromatic heterocycles. The number of ether oxygens (including phenoxy) is 2. The molecule has 2 fully saturated rings. The van der Waals surface area contributed by atoms with Crippen molar-refractivity contribution >= 4 is 12.1 Å². The zero-order valence-electron chi connectivity index (χ0n) is 10.5. The van der Waals surface area contributed by atoms with Crippen LogP contribution >= 0.6 is 0 Å². The van der Waals surface area contributed by atoms with Crippen molar-refractivity contribution < 1.29 is 18.5 Å². The van der Waals surface area contributed by atoms with Gasteiger partial charge in [0.1, 0.15) is 13.2 Å². The fraction of sp³-hybridized carbons (Fsp3) is 0.615. The number of nitrogens with zero attached hydrogens (tertiary/aromatic N) is 2. The predicted octanol–water partition coefficient (Wildman–Crippen LogP) is 0.578. The molecule has 0 amide bonds. The van der Waals surface area contributed by atoms with Gasteiger partial charge in [0.05, 0.1) is 13.2 Å². The molecule has 18 heavy (non-hydrogen) atoms. The Balaban J connectivity index is 1.68. The van der Waals surface area contributed by atoms with Gasteiger partial charge in [-0.2, -0.15) is 0 Å². The van der Waals surface area contributed by atoms with Crippen LogP contribution in [0.25, 0.3) is 0 Å². The average Bonchev–Trinajstić information content (AvgIpc) is 2.89. The van der Waals surface area contributed by atoms with Crippen LogP contribution in [0.15, 0.2) is 16.5 Å². The number of anilines is 1. The van der Waals surface area contributed by atoms with E-state index in [2.05, 4.69) is 15.7 Å². The largest absolute Gasteiger partial charge is 0.435 e.